The van der Waals surface area contributed by atoms with Gasteiger partial charge >= 0.3 is 136 Å². The van der Waals surface area contributed by atoms with Crippen molar-refractivity contribution in [2.75, 3.05) is 0 Å². The highest BCUT2D eigenvalue weighted by molar-refractivity contribution is 6.50. The van der Waals surface area contributed by atoms with Gasteiger partial charge in [-0.25, -0.2) is 0 Å². The average Bonchev–Trinajstić information content (AvgIpc) is 2.65. The minimum atomic E-state index is -4.61. The molecule has 0 spiro atoms. The van der Waals surface area contributed by atoms with Gasteiger partial charge < -0.3 is 288 Å². The largest absolute Gasteiger partial charge is 0.668 e. The summed E-state index contributed by atoms with van der Waals surface area (Å²) in [4.78, 5) is 440. The maximum absolute atomic E-state index is 7.33. The van der Waals surface area contributed by atoms with Crippen molar-refractivity contribution in [1.29, 1.82) is 0 Å². The van der Waals surface area contributed by atoms with Crippen LogP contribution in [-0.4, -0.2) is 423 Å². The van der Waals surface area contributed by atoms with Gasteiger partial charge in [-0.15, -0.1) is 0 Å². The summed E-state index contributed by atoms with van der Waals surface area (Å²) in [5, 5.41) is 0. The first-order valence-electron chi connectivity index (χ1n) is 13.4. The molecule has 75 heavy (non-hydrogen) atoms. The lowest BCUT2D eigenvalue weighted by atomic mass is 15.7. The highest BCUT2D eigenvalue weighted by atomic mass is 28.4. The van der Waals surface area contributed by atoms with Crippen molar-refractivity contribution in [2.24, 2.45) is 0 Å². The number of rotatable bonds is 0. The molecule has 0 aliphatic rings. The topological polar surface area (TPSA) is 1210 Å². The Bertz CT molecular complexity index is 638. The molecule has 0 radical (unpaired) electrons. The molecule has 0 aromatic rings. The van der Waals surface area contributed by atoms with Crippen LogP contribution >= 0.6 is 0 Å². The maximum atomic E-state index is 7.33. The molecule has 75 heteroatoms. The summed E-state index contributed by atoms with van der Waals surface area (Å²) in [5.74, 6) is 0. The van der Waals surface area contributed by atoms with Gasteiger partial charge in [-0.2, -0.15) is 0 Å². The quantitative estimate of drug-likeness (QED) is 0.100. The van der Waals surface area contributed by atoms with Crippen LogP contribution in [0.5, 0.6) is 0 Å². The van der Waals surface area contributed by atoms with Gasteiger partial charge in [0, 0.05) is 0 Å². The van der Waals surface area contributed by atoms with Gasteiger partial charge in [-0.05, 0) is 0 Å². The Morgan fingerprint density at radius 2 is 0.0533 bits per heavy atom. The summed E-state index contributed by atoms with van der Waals surface area (Å²) < 4.78 is 0. The van der Waals surface area contributed by atoms with Crippen LogP contribution in [0.1, 0.15) is 0 Å². The van der Waals surface area contributed by atoms with Gasteiger partial charge in [-0.1, -0.05) is 0 Å². The Kier molecular flexibility index (Phi) is 75.7. The van der Waals surface area contributed by atoms with Gasteiger partial charge in [0.25, 0.3) is 0 Å². The van der Waals surface area contributed by atoms with Gasteiger partial charge in [0.15, 0.2) is 0 Å². The zero-order valence-corrected chi connectivity index (χ0v) is 49.3. The van der Waals surface area contributed by atoms with Crippen LogP contribution in [0.4, 0.5) is 0 Å². The van der Waals surface area contributed by atoms with Crippen LogP contribution in [0.3, 0.4) is 0 Å². The van der Waals surface area contributed by atoms with E-state index in [0.717, 1.165) is 0 Å². The number of hydrogen-bond acceptors (Lipinski definition) is 60. The van der Waals surface area contributed by atoms with E-state index in [2.05, 4.69) is 0 Å². The molecule has 0 saturated carbocycles. The van der Waals surface area contributed by atoms with E-state index in [0.29, 0.717) is 0 Å². The normalized spacial score (nSPS) is 12.0. The Morgan fingerprint density at radius 3 is 0.0533 bits per heavy atom. The van der Waals surface area contributed by atoms with Crippen LogP contribution in [0.2, 0.25) is 0 Å². The Morgan fingerprint density at radius 1 is 0.0533 bits per heavy atom. The van der Waals surface area contributed by atoms with E-state index in [-0.39, 0.29) is 0 Å². The third-order valence-electron chi connectivity index (χ3n) is 0. The molecule has 60 N–H and O–H groups in total. The van der Waals surface area contributed by atoms with Crippen molar-refractivity contribution in [2.45, 2.75) is 0 Å². The molecule has 0 saturated heterocycles. The molecule has 0 aliphatic carbocycles. The van der Waals surface area contributed by atoms with Crippen LogP contribution in [0.15, 0.2) is 0 Å². The predicted octanol–water partition coefficient (Wildman–Crippen LogP) is -39.1. The highest BCUT2D eigenvalue weighted by Gasteiger charge is 2.27. The third-order valence-corrected chi connectivity index (χ3v) is 0. The molecule has 480 valence electrons. The molecule has 0 unspecified atom stereocenters. The van der Waals surface area contributed by atoms with E-state index in [1.807, 2.05) is 0 Å². The monoisotopic (exact) mass is 1440 g/mol. The molecule has 0 aromatic heterocycles. The predicted molar refractivity (Wildman–Crippen MR) is 219 cm³/mol. The first-order chi connectivity index (χ1) is 30.0. The highest BCUT2D eigenvalue weighted by Crippen LogP contribution is 1.73. The molecule has 0 fully saturated rings. The summed E-state index contributed by atoms with van der Waals surface area (Å²) in [5.41, 5.74) is 0. The van der Waals surface area contributed by atoms with Gasteiger partial charge in [-0.3, -0.25) is 0 Å². The average molecular weight is 1440 g/mol. The molecule has 0 heterocycles. The second-order valence-corrected chi connectivity index (χ2v) is 27.0. The van der Waals surface area contributed by atoms with Crippen LogP contribution < -0.4 is 0 Å². The zero-order valence-electron chi connectivity index (χ0n) is 34.3. The SMILES string of the molecule is O[Si](O)(O)O.O[Si](O)(O)O.O[Si](O)(O)O.O[Si](O)(O)O.O[Si](O)(O)O.O[Si](O)(O)O.O[Si](O)(O)O.O[Si](O)(O)O.O[Si](O)(O)O.O[Si](O)(O)O.O[Si](O)(O)O.O[Si](O)(O)O.O[Si](O)(O)O.O[Si](O)(O)O.O[Si](O)(O)O. The van der Waals surface area contributed by atoms with E-state index in [1.54, 1.807) is 0 Å². The van der Waals surface area contributed by atoms with Crippen LogP contribution in [0.25, 0.3) is 0 Å². The van der Waals surface area contributed by atoms with Crippen molar-refractivity contribution >= 4 is 136 Å². The van der Waals surface area contributed by atoms with Gasteiger partial charge in [0.1, 0.15) is 0 Å². The van der Waals surface area contributed by atoms with Crippen molar-refractivity contribution in [1.82, 2.24) is 0 Å². The lowest BCUT2D eigenvalue weighted by molar-refractivity contribution is 0.115. The molecule has 0 amide bonds. The van der Waals surface area contributed by atoms with E-state index in [1.165, 1.54) is 0 Å². The van der Waals surface area contributed by atoms with Crippen molar-refractivity contribution in [3.05, 3.63) is 0 Å². The molecule has 0 bridgehead atoms. The maximum Gasteiger partial charge on any atom is 0.668 e. The van der Waals surface area contributed by atoms with E-state index >= 15 is 0 Å². The lowest BCUT2D eigenvalue weighted by Crippen LogP contribution is -2.33. The minimum Gasteiger partial charge on any atom is -0.368 e. The first kappa shape index (κ1) is 115. The van der Waals surface area contributed by atoms with Gasteiger partial charge in [0.2, 0.25) is 0 Å². The zero-order chi connectivity index (χ0) is 67.5. The second kappa shape index (κ2) is 49.5. The summed E-state index contributed by atoms with van der Waals surface area (Å²) in [6.45, 7) is 0. The van der Waals surface area contributed by atoms with Crippen LogP contribution in [-0.2, 0) is 0 Å². The number of hydrogen-bond donors (Lipinski definition) is 60. The summed E-state index contributed by atoms with van der Waals surface area (Å²) in [6, 6.07) is 0. The Labute approximate surface area is 422 Å². The standard InChI is InChI=1S/15H4O4Si/c15*1-5(2,3)4/h15*1-4H. The minimum absolute atomic E-state index is 4.61. The summed E-state index contributed by atoms with van der Waals surface area (Å²) in [7, 11) is -69.2. The summed E-state index contributed by atoms with van der Waals surface area (Å²) >= 11 is 0. The smallest absolute Gasteiger partial charge is 0.368 e. The van der Waals surface area contributed by atoms with E-state index < -0.39 is 136 Å². The molecule has 60 nitrogen and oxygen atoms in total. The molecule has 0 aliphatic heterocycles. The Hall–Kier alpha value is 0.853. The Balaban J connectivity index is -0.0000000396. The molecule has 0 atom stereocenters. The molecule has 0 rings (SSSR count). The van der Waals surface area contributed by atoms with Crippen molar-refractivity contribution < 1.29 is 288 Å². The van der Waals surface area contributed by atoms with Crippen molar-refractivity contribution in [3.63, 3.8) is 0 Å². The third kappa shape index (κ3) is 546000. The van der Waals surface area contributed by atoms with E-state index in [9.17, 15) is 0 Å². The lowest BCUT2D eigenvalue weighted by Gasteiger charge is -1.91. The molecular weight excluding hydrogens is 1380 g/mol. The fourth-order valence-corrected chi connectivity index (χ4v) is 0. The molecular formula is H60O60Si15. The van der Waals surface area contributed by atoms with Gasteiger partial charge in [0.05, 0.1) is 0 Å². The van der Waals surface area contributed by atoms with Crippen molar-refractivity contribution in [3.8, 4) is 0 Å². The fourth-order valence-electron chi connectivity index (χ4n) is 0. The van der Waals surface area contributed by atoms with Crippen LogP contribution in [0, 0.1) is 0 Å². The first-order valence-corrected chi connectivity index (χ1v) is 40.2. The summed E-state index contributed by atoms with van der Waals surface area (Å²) in [6.07, 6.45) is 0. The molecule has 0 aromatic carbocycles. The second-order valence-electron chi connectivity index (χ2n) is 9.00. The fraction of sp³-hybridized carbons (Fsp3) is 0. The van der Waals surface area contributed by atoms with E-state index in [4.69, 9.17) is 288 Å².